The monoisotopic (exact) mass is 860 g/mol. The number of aliphatic hydroxyl groups excluding tert-OH is 2. The minimum Gasteiger partial charge on any atom is -0.462 e. The minimum atomic E-state index is -0.783. The molecule has 3 N–H and O–H groups in total. The van der Waals surface area contributed by atoms with Crippen molar-refractivity contribution >= 4 is 11.9 Å². The van der Waals surface area contributed by atoms with Gasteiger partial charge in [-0.3, -0.25) is 9.59 Å². The van der Waals surface area contributed by atoms with Crippen molar-refractivity contribution in [2.75, 3.05) is 6.61 Å². The van der Waals surface area contributed by atoms with Crippen molar-refractivity contribution in [2.24, 2.45) is 0 Å². The van der Waals surface area contributed by atoms with Crippen LogP contribution in [0.4, 0.5) is 0 Å². The predicted octanol–water partition coefficient (Wildman–Crippen LogP) is 16.3. The third-order valence-corrected chi connectivity index (χ3v) is 12.5. The summed E-state index contributed by atoms with van der Waals surface area (Å²) in [5.74, 6) is -0.467. The summed E-state index contributed by atoms with van der Waals surface area (Å²) in [7, 11) is 0. The quantitative estimate of drug-likeness (QED) is 0.0322. The predicted molar refractivity (Wildman–Crippen MR) is 264 cm³/mol. The van der Waals surface area contributed by atoms with E-state index in [1.165, 1.54) is 180 Å². The van der Waals surface area contributed by atoms with Crippen molar-refractivity contribution in [1.82, 2.24) is 5.32 Å². The molecule has 0 heterocycles. The zero-order valence-corrected chi connectivity index (χ0v) is 41.1. The Balaban J connectivity index is 4.52. The highest BCUT2D eigenvalue weighted by Crippen LogP contribution is 2.18. The second-order valence-corrected chi connectivity index (χ2v) is 18.6. The summed E-state index contributed by atoms with van der Waals surface area (Å²) in [6.07, 6.45) is 56.7. The molecule has 0 spiro atoms. The molecule has 0 aliphatic rings. The van der Waals surface area contributed by atoms with Gasteiger partial charge in [0.2, 0.25) is 5.91 Å². The van der Waals surface area contributed by atoms with Crippen LogP contribution in [0.1, 0.15) is 290 Å². The van der Waals surface area contributed by atoms with Gasteiger partial charge in [-0.15, -0.1) is 0 Å². The van der Waals surface area contributed by atoms with Gasteiger partial charge in [0.25, 0.3) is 0 Å². The first-order valence-corrected chi connectivity index (χ1v) is 27.1. The molecule has 0 aromatic rings. The van der Waals surface area contributed by atoms with Crippen LogP contribution in [-0.4, -0.2) is 46.9 Å². The Morgan fingerprint density at radius 1 is 0.475 bits per heavy atom. The molecule has 0 bridgehead atoms. The van der Waals surface area contributed by atoms with Gasteiger partial charge in [-0.1, -0.05) is 244 Å². The molecule has 0 aromatic carbocycles. The van der Waals surface area contributed by atoms with Crippen LogP contribution in [0.15, 0.2) is 24.3 Å². The van der Waals surface area contributed by atoms with E-state index >= 15 is 0 Å². The van der Waals surface area contributed by atoms with Gasteiger partial charge >= 0.3 is 5.97 Å². The lowest BCUT2D eigenvalue weighted by Crippen LogP contribution is -2.46. The molecule has 3 unspecified atom stereocenters. The summed E-state index contributed by atoms with van der Waals surface area (Å²) >= 11 is 0. The fourth-order valence-electron chi connectivity index (χ4n) is 8.40. The number of carbonyl (C=O) groups excluding carboxylic acids is 2. The molecule has 0 rings (SSSR count). The van der Waals surface area contributed by atoms with E-state index in [-0.39, 0.29) is 24.9 Å². The molecule has 0 aliphatic carbocycles. The number of rotatable bonds is 49. The number of hydrogen-bond donors (Lipinski definition) is 3. The molecule has 0 fully saturated rings. The lowest BCUT2D eigenvalue weighted by atomic mass is 10.0. The van der Waals surface area contributed by atoms with Gasteiger partial charge in [0.05, 0.1) is 25.2 Å². The maximum atomic E-state index is 13.2. The summed E-state index contributed by atoms with van der Waals surface area (Å²) < 4.78 is 5.95. The van der Waals surface area contributed by atoms with Gasteiger partial charge in [0, 0.05) is 6.42 Å². The third kappa shape index (κ3) is 44.7. The van der Waals surface area contributed by atoms with E-state index in [2.05, 4.69) is 50.4 Å². The van der Waals surface area contributed by atoms with Crippen LogP contribution in [0.5, 0.6) is 0 Å². The van der Waals surface area contributed by atoms with Gasteiger partial charge in [-0.2, -0.15) is 0 Å². The molecule has 0 aliphatic heterocycles. The average Bonchev–Trinajstić information content (AvgIpc) is 3.25. The zero-order valence-electron chi connectivity index (χ0n) is 41.1. The number of aliphatic hydroxyl groups is 2. The molecule has 6 heteroatoms. The van der Waals surface area contributed by atoms with Crippen LogP contribution in [-0.2, 0) is 14.3 Å². The standard InChI is InChI=1S/C55H105NO5/c1-4-7-10-13-16-19-21-23-25-27-29-31-33-36-39-42-45-48-55(60)61-51(46-43-40-37-35-32-30-28-26-24-22-20-17-14-11-8-5-2)49-54(59)56-52(50-57)53(58)47-44-41-38-34-18-15-12-9-6-3/h16,19,23,25,51-53,57-58H,4-15,17-18,20-22,24,26-50H2,1-3H3,(H,56,59)/b19-16-,25-23-. The van der Waals surface area contributed by atoms with Gasteiger partial charge in [-0.05, 0) is 57.8 Å². The molecule has 0 saturated carbocycles. The fourth-order valence-corrected chi connectivity index (χ4v) is 8.40. The fraction of sp³-hybridized carbons (Fsp3) is 0.891. The second-order valence-electron chi connectivity index (χ2n) is 18.6. The lowest BCUT2D eigenvalue weighted by molar-refractivity contribution is -0.151. The van der Waals surface area contributed by atoms with Crippen molar-refractivity contribution in [3.8, 4) is 0 Å². The Hall–Kier alpha value is -1.66. The van der Waals surface area contributed by atoms with Crippen LogP contribution in [0.25, 0.3) is 0 Å². The number of allylic oxidation sites excluding steroid dienone is 4. The van der Waals surface area contributed by atoms with Gasteiger partial charge in [0.15, 0.2) is 0 Å². The number of amides is 1. The topological polar surface area (TPSA) is 95.9 Å². The van der Waals surface area contributed by atoms with Crippen molar-refractivity contribution < 1.29 is 24.5 Å². The van der Waals surface area contributed by atoms with E-state index in [1.54, 1.807) is 0 Å². The molecule has 0 aromatic heterocycles. The van der Waals surface area contributed by atoms with Crippen LogP contribution >= 0.6 is 0 Å². The maximum Gasteiger partial charge on any atom is 0.306 e. The molecule has 3 atom stereocenters. The summed E-state index contributed by atoms with van der Waals surface area (Å²) in [4.78, 5) is 26.2. The van der Waals surface area contributed by atoms with Gasteiger partial charge in [-0.25, -0.2) is 0 Å². The molecule has 6 nitrogen and oxygen atoms in total. The maximum absolute atomic E-state index is 13.2. The Morgan fingerprint density at radius 3 is 1.28 bits per heavy atom. The molecular weight excluding hydrogens is 755 g/mol. The minimum absolute atomic E-state index is 0.0800. The van der Waals surface area contributed by atoms with Crippen molar-refractivity contribution in [3.63, 3.8) is 0 Å². The number of ether oxygens (including phenoxy) is 1. The Morgan fingerprint density at radius 2 is 0.836 bits per heavy atom. The van der Waals surface area contributed by atoms with E-state index in [0.29, 0.717) is 19.3 Å². The molecule has 1 amide bonds. The van der Waals surface area contributed by atoms with E-state index in [0.717, 1.165) is 64.2 Å². The highest BCUT2D eigenvalue weighted by atomic mass is 16.5. The third-order valence-electron chi connectivity index (χ3n) is 12.5. The summed E-state index contributed by atoms with van der Waals surface area (Å²) in [5, 5.41) is 23.7. The molecule has 0 saturated heterocycles. The number of esters is 1. The van der Waals surface area contributed by atoms with Crippen LogP contribution < -0.4 is 5.32 Å². The molecule has 360 valence electrons. The van der Waals surface area contributed by atoms with Crippen molar-refractivity contribution in [3.05, 3.63) is 24.3 Å². The first-order valence-electron chi connectivity index (χ1n) is 27.1. The van der Waals surface area contributed by atoms with E-state index in [1.807, 2.05) is 0 Å². The average molecular weight is 860 g/mol. The Labute approximate surface area is 380 Å². The van der Waals surface area contributed by atoms with E-state index < -0.39 is 18.2 Å². The van der Waals surface area contributed by atoms with Crippen molar-refractivity contribution in [1.29, 1.82) is 0 Å². The zero-order chi connectivity index (χ0) is 44.5. The van der Waals surface area contributed by atoms with Crippen molar-refractivity contribution in [2.45, 2.75) is 309 Å². The summed E-state index contributed by atoms with van der Waals surface area (Å²) in [5.41, 5.74) is 0. The van der Waals surface area contributed by atoms with Crippen LogP contribution in [0.3, 0.4) is 0 Å². The normalized spacial score (nSPS) is 13.3. The van der Waals surface area contributed by atoms with Crippen LogP contribution in [0.2, 0.25) is 0 Å². The lowest BCUT2D eigenvalue weighted by Gasteiger charge is -2.24. The summed E-state index contributed by atoms with van der Waals surface area (Å²) in [6, 6.07) is -0.697. The Bertz CT molecular complexity index is 966. The largest absolute Gasteiger partial charge is 0.462 e. The number of hydrogen-bond acceptors (Lipinski definition) is 5. The van der Waals surface area contributed by atoms with Gasteiger partial charge < -0.3 is 20.3 Å². The number of unbranched alkanes of at least 4 members (excludes halogenated alkanes) is 33. The van der Waals surface area contributed by atoms with Crippen LogP contribution in [0, 0.1) is 0 Å². The summed E-state index contributed by atoms with van der Waals surface area (Å²) in [6.45, 7) is 6.47. The number of nitrogens with one attached hydrogen (secondary N) is 1. The first-order chi connectivity index (χ1) is 30.0. The molecular formula is C55H105NO5. The first kappa shape index (κ1) is 59.3. The number of carbonyl (C=O) groups is 2. The smallest absolute Gasteiger partial charge is 0.306 e. The Kier molecular flexibility index (Phi) is 48.0. The molecule has 0 radical (unpaired) electrons. The highest BCUT2D eigenvalue weighted by molar-refractivity contribution is 5.77. The SMILES string of the molecule is CCCCC/C=C\C/C=C\CCCCCCCCCC(=O)OC(CCCCCCCCCCCCCCCCCC)CC(=O)NC(CO)C(O)CCCCCCCCCCC. The van der Waals surface area contributed by atoms with Gasteiger partial charge in [0.1, 0.15) is 6.10 Å². The van der Waals surface area contributed by atoms with E-state index in [4.69, 9.17) is 4.74 Å². The highest BCUT2D eigenvalue weighted by Gasteiger charge is 2.24. The van der Waals surface area contributed by atoms with E-state index in [9.17, 15) is 19.8 Å². The molecule has 61 heavy (non-hydrogen) atoms. The second kappa shape index (κ2) is 49.4.